The minimum atomic E-state index is -1.30. The highest BCUT2D eigenvalue weighted by atomic mass is 16.5. The lowest BCUT2D eigenvalue weighted by Gasteiger charge is -2.38. The molecule has 2 aromatic rings. The second-order valence-electron chi connectivity index (χ2n) is 4.81. The van der Waals surface area contributed by atoms with Gasteiger partial charge >= 0.3 is 5.97 Å². The van der Waals surface area contributed by atoms with Crippen molar-refractivity contribution in [3.63, 3.8) is 0 Å². The summed E-state index contributed by atoms with van der Waals surface area (Å²) in [5.41, 5.74) is 0.260. The molecular weight excluding hydrogens is 246 g/mol. The zero-order chi connectivity index (χ0) is 13.6. The monoisotopic (exact) mass is 259 g/mol. The fraction of sp³-hybridized carbons (Fsp3) is 0.286. The number of ether oxygens (including phenoxy) is 1. The number of H-pyrrole nitrogens is 1. The van der Waals surface area contributed by atoms with Gasteiger partial charge in [0.05, 0.1) is 13.5 Å². The van der Waals surface area contributed by atoms with Crippen LogP contribution in [0.1, 0.15) is 17.5 Å². The zero-order valence-electron chi connectivity index (χ0n) is 10.4. The number of rotatable bonds is 2. The van der Waals surface area contributed by atoms with Crippen molar-refractivity contribution in [3.8, 4) is 0 Å². The first-order valence-electron chi connectivity index (χ1n) is 5.99. The van der Waals surface area contributed by atoms with Gasteiger partial charge in [-0.05, 0) is 6.07 Å². The largest absolute Gasteiger partial charge is 0.469 e. The fourth-order valence-corrected chi connectivity index (χ4v) is 2.72. The van der Waals surface area contributed by atoms with Gasteiger partial charge in [0.25, 0.3) is 5.56 Å². The van der Waals surface area contributed by atoms with E-state index in [1.165, 1.54) is 7.11 Å². The molecule has 2 N–H and O–H groups in total. The molecule has 1 unspecified atom stereocenters. The molecule has 1 aliphatic carbocycles. The summed E-state index contributed by atoms with van der Waals surface area (Å²) >= 11 is 0. The van der Waals surface area contributed by atoms with Crippen LogP contribution in [-0.2, 0) is 21.6 Å². The molecule has 0 radical (unpaired) electrons. The van der Waals surface area contributed by atoms with Crippen LogP contribution < -0.4 is 5.56 Å². The van der Waals surface area contributed by atoms with Crippen LogP contribution in [0.15, 0.2) is 29.1 Å². The molecule has 1 aromatic carbocycles. The highest BCUT2D eigenvalue weighted by Gasteiger charge is 2.46. The maximum absolute atomic E-state index is 11.9. The second kappa shape index (κ2) is 3.93. The van der Waals surface area contributed by atoms with Crippen molar-refractivity contribution in [3.05, 3.63) is 45.7 Å². The number of hydrogen-bond donors (Lipinski definition) is 2. The van der Waals surface area contributed by atoms with Gasteiger partial charge in [-0.15, -0.1) is 0 Å². The van der Waals surface area contributed by atoms with E-state index in [1.54, 1.807) is 6.07 Å². The van der Waals surface area contributed by atoms with Crippen LogP contribution in [0.3, 0.4) is 0 Å². The molecule has 0 aliphatic heterocycles. The SMILES string of the molecule is COC(=O)CC1(O)Cc2c1c1ccccc1[nH]c2=O. The number of hydrogen-bond acceptors (Lipinski definition) is 4. The third-order valence-electron chi connectivity index (χ3n) is 3.62. The number of pyridine rings is 1. The molecule has 0 fully saturated rings. The summed E-state index contributed by atoms with van der Waals surface area (Å²) in [6.45, 7) is 0. The summed E-state index contributed by atoms with van der Waals surface area (Å²) in [6, 6.07) is 7.24. The number of esters is 1. The average molecular weight is 259 g/mol. The zero-order valence-corrected chi connectivity index (χ0v) is 10.4. The molecule has 19 heavy (non-hydrogen) atoms. The van der Waals surface area contributed by atoms with E-state index in [0.29, 0.717) is 16.6 Å². The predicted octanol–water partition coefficient (Wildman–Crippen LogP) is 0.835. The van der Waals surface area contributed by atoms with E-state index in [0.717, 1.165) is 5.39 Å². The molecule has 1 atom stereocenters. The molecule has 0 saturated heterocycles. The molecule has 1 heterocycles. The third kappa shape index (κ3) is 1.66. The normalized spacial score (nSPS) is 20.7. The standard InChI is InChI=1S/C14H13NO4/c1-19-11(16)7-14(18)6-9-12(14)8-4-2-3-5-10(8)15-13(9)17/h2-5,18H,6-7H2,1H3,(H,15,17). The average Bonchev–Trinajstić information content (AvgIpc) is 2.37. The molecular formula is C14H13NO4. The number of para-hydroxylation sites is 1. The summed E-state index contributed by atoms with van der Waals surface area (Å²) < 4.78 is 4.59. The van der Waals surface area contributed by atoms with E-state index >= 15 is 0 Å². The van der Waals surface area contributed by atoms with Crippen LogP contribution in [0.4, 0.5) is 0 Å². The number of nitrogens with one attached hydrogen (secondary N) is 1. The molecule has 1 aromatic heterocycles. The van der Waals surface area contributed by atoms with Crippen LogP contribution in [0.5, 0.6) is 0 Å². The number of carbonyl (C=O) groups excluding carboxylic acids is 1. The summed E-state index contributed by atoms with van der Waals surface area (Å²) in [5.74, 6) is -0.488. The highest BCUT2D eigenvalue weighted by molar-refractivity contribution is 5.87. The lowest BCUT2D eigenvalue weighted by molar-refractivity contribution is -0.147. The Kier molecular flexibility index (Phi) is 2.46. The summed E-state index contributed by atoms with van der Waals surface area (Å²) in [4.78, 5) is 26.0. The Hall–Kier alpha value is -2.14. The lowest BCUT2D eigenvalue weighted by Crippen LogP contribution is -2.45. The van der Waals surface area contributed by atoms with Gasteiger partial charge in [-0.3, -0.25) is 9.59 Å². The molecule has 0 amide bonds. The molecule has 0 saturated carbocycles. The number of aromatic amines is 1. The Morgan fingerprint density at radius 3 is 2.95 bits per heavy atom. The smallest absolute Gasteiger partial charge is 0.308 e. The second-order valence-corrected chi connectivity index (χ2v) is 4.81. The van der Waals surface area contributed by atoms with Crippen LogP contribution in [0.2, 0.25) is 0 Å². The van der Waals surface area contributed by atoms with E-state index in [4.69, 9.17) is 0 Å². The quantitative estimate of drug-likeness (QED) is 0.783. The molecule has 98 valence electrons. The maximum atomic E-state index is 11.9. The lowest BCUT2D eigenvalue weighted by atomic mass is 9.70. The predicted molar refractivity (Wildman–Crippen MR) is 68.8 cm³/mol. The molecule has 5 nitrogen and oxygen atoms in total. The Morgan fingerprint density at radius 1 is 1.47 bits per heavy atom. The van der Waals surface area contributed by atoms with Gasteiger partial charge in [-0.25, -0.2) is 0 Å². The van der Waals surface area contributed by atoms with E-state index in [-0.39, 0.29) is 18.4 Å². The van der Waals surface area contributed by atoms with E-state index in [2.05, 4.69) is 9.72 Å². The summed E-state index contributed by atoms with van der Waals surface area (Å²) in [5, 5.41) is 11.3. The van der Waals surface area contributed by atoms with E-state index in [1.807, 2.05) is 18.2 Å². The van der Waals surface area contributed by atoms with Gasteiger partial charge in [-0.1, -0.05) is 18.2 Å². The molecule has 0 spiro atoms. The number of fused-ring (bicyclic) bond motifs is 3. The molecule has 5 heteroatoms. The van der Waals surface area contributed by atoms with Gasteiger partial charge in [-0.2, -0.15) is 0 Å². The van der Waals surface area contributed by atoms with Crippen molar-refractivity contribution >= 4 is 16.9 Å². The Balaban J connectivity index is 2.20. The first-order valence-corrected chi connectivity index (χ1v) is 5.99. The minimum absolute atomic E-state index is 0.135. The van der Waals surface area contributed by atoms with Gasteiger partial charge in [0, 0.05) is 28.5 Å². The van der Waals surface area contributed by atoms with Crippen LogP contribution in [0.25, 0.3) is 10.9 Å². The minimum Gasteiger partial charge on any atom is -0.469 e. The van der Waals surface area contributed by atoms with E-state index < -0.39 is 11.6 Å². The Labute approximate surface area is 108 Å². The molecule has 0 bridgehead atoms. The van der Waals surface area contributed by atoms with Crippen molar-refractivity contribution in [2.24, 2.45) is 0 Å². The Morgan fingerprint density at radius 2 is 2.21 bits per heavy atom. The first kappa shape index (κ1) is 11.9. The molecule has 1 aliphatic rings. The van der Waals surface area contributed by atoms with Gasteiger partial charge in [0.2, 0.25) is 0 Å². The van der Waals surface area contributed by atoms with E-state index in [9.17, 15) is 14.7 Å². The number of benzene rings is 1. The fourth-order valence-electron chi connectivity index (χ4n) is 2.72. The van der Waals surface area contributed by atoms with Crippen molar-refractivity contribution in [2.45, 2.75) is 18.4 Å². The van der Waals surface area contributed by atoms with Gasteiger partial charge < -0.3 is 14.8 Å². The number of aromatic nitrogens is 1. The van der Waals surface area contributed by atoms with Crippen LogP contribution in [-0.4, -0.2) is 23.2 Å². The maximum Gasteiger partial charge on any atom is 0.308 e. The summed E-state index contributed by atoms with van der Waals surface area (Å²) in [7, 11) is 1.28. The highest BCUT2D eigenvalue weighted by Crippen LogP contribution is 2.43. The number of methoxy groups -OCH3 is 1. The van der Waals surface area contributed by atoms with Crippen molar-refractivity contribution in [1.29, 1.82) is 0 Å². The summed E-state index contributed by atoms with van der Waals surface area (Å²) in [6.07, 6.45) is 0.0432. The van der Waals surface area contributed by atoms with Crippen molar-refractivity contribution in [2.75, 3.05) is 7.11 Å². The molecule has 3 rings (SSSR count). The van der Waals surface area contributed by atoms with Crippen LogP contribution in [0, 0.1) is 0 Å². The van der Waals surface area contributed by atoms with Crippen molar-refractivity contribution in [1.82, 2.24) is 4.98 Å². The topological polar surface area (TPSA) is 79.4 Å². The first-order chi connectivity index (χ1) is 9.05. The van der Waals surface area contributed by atoms with Crippen LogP contribution >= 0.6 is 0 Å². The van der Waals surface area contributed by atoms with Gasteiger partial charge in [0.1, 0.15) is 5.60 Å². The Bertz CT molecular complexity index is 734. The number of aliphatic hydroxyl groups is 1. The number of carbonyl (C=O) groups is 1. The third-order valence-corrected chi connectivity index (χ3v) is 3.62. The van der Waals surface area contributed by atoms with Gasteiger partial charge in [0.15, 0.2) is 0 Å². The van der Waals surface area contributed by atoms with Crippen molar-refractivity contribution < 1.29 is 14.6 Å².